The summed E-state index contributed by atoms with van der Waals surface area (Å²) >= 11 is 0. The van der Waals surface area contributed by atoms with Gasteiger partial charge < -0.3 is 10.6 Å². The first-order valence-electron chi connectivity index (χ1n) is 8.46. The minimum atomic E-state index is 0. The van der Waals surface area contributed by atoms with E-state index in [9.17, 15) is 0 Å². The molecule has 2 atom stereocenters. The summed E-state index contributed by atoms with van der Waals surface area (Å²) in [6, 6.07) is 22.6. The summed E-state index contributed by atoms with van der Waals surface area (Å²) in [5, 5.41) is 7.52. The Morgan fingerprint density at radius 3 is 1.38 bits per heavy atom. The molecule has 1 saturated carbocycles. The standard InChI is InChI=1S/C20H26N2.2ClH/c1-3-9-17(10-4-1)15-21-19-13-7-8-14-20(19)22-16-18-11-5-2-6-12-18;;/h1-6,9-12,19-22H,7-8,13-16H2;2*1H/t19-,20-;;/m0../s1. The van der Waals surface area contributed by atoms with Crippen molar-refractivity contribution in [2.45, 2.75) is 50.9 Å². The van der Waals surface area contributed by atoms with Crippen LogP contribution in [0.15, 0.2) is 60.7 Å². The Balaban J connectivity index is 0.00000144. The van der Waals surface area contributed by atoms with E-state index >= 15 is 0 Å². The molecule has 24 heavy (non-hydrogen) atoms. The Bertz CT molecular complexity index is 497. The Hall–Kier alpha value is -1.06. The van der Waals surface area contributed by atoms with Crippen molar-refractivity contribution in [2.75, 3.05) is 0 Å². The van der Waals surface area contributed by atoms with Crippen LogP contribution < -0.4 is 10.6 Å². The highest BCUT2D eigenvalue weighted by Crippen LogP contribution is 2.19. The highest BCUT2D eigenvalue weighted by atomic mass is 35.5. The molecular weight excluding hydrogens is 339 g/mol. The van der Waals surface area contributed by atoms with Crippen molar-refractivity contribution in [1.29, 1.82) is 0 Å². The minimum absolute atomic E-state index is 0. The van der Waals surface area contributed by atoms with Gasteiger partial charge >= 0.3 is 0 Å². The zero-order chi connectivity index (χ0) is 15.0. The maximum Gasteiger partial charge on any atom is 0.0224 e. The Kier molecular flexibility index (Phi) is 10.0. The van der Waals surface area contributed by atoms with Crippen molar-refractivity contribution in [3.63, 3.8) is 0 Å². The van der Waals surface area contributed by atoms with E-state index in [-0.39, 0.29) is 24.8 Å². The molecule has 0 radical (unpaired) electrons. The van der Waals surface area contributed by atoms with E-state index in [1.54, 1.807) is 0 Å². The lowest BCUT2D eigenvalue weighted by molar-refractivity contribution is 0.281. The molecule has 0 aromatic heterocycles. The molecule has 2 nitrogen and oxygen atoms in total. The predicted molar refractivity (Wildman–Crippen MR) is 107 cm³/mol. The van der Waals surface area contributed by atoms with Crippen molar-refractivity contribution >= 4 is 24.8 Å². The second kappa shape index (κ2) is 11.5. The second-order valence-corrected chi connectivity index (χ2v) is 6.23. The van der Waals surface area contributed by atoms with Crippen molar-refractivity contribution in [3.8, 4) is 0 Å². The third-order valence-corrected chi connectivity index (χ3v) is 4.59. The molecule has 0 spiro atoms. The first-order valence-corrected chi connectivity index (χ1v) is 8.46. The molecular formula is C20H28Cl2N2. The number of hydrogen-bond donors (Lipinski definition) is 2. The van der Waals surface area contributed by atoms with E-state index in [1.165, 1.54) is 36.8 Å². The highest BCUT2D eigenvalue weighted by molar-refractivity contribution is 5.85. The quantitative estimate of drug-likeness (QED) is 0.772. The van der Waals surface area contributed by atoms with E-state index in [4.69, 9.17) is 0 Å². The molecule has 1 aliphatic rings. The summed E-state index contributed by atoms with van der Waals surface area (Å²) in [5.74, 6) is 0. The molecule has 132 valence electrons. The van der Waals surface area contributed by atoms with E-state index in [1.807, 2.05) is 0 Å². The summed E-state index contributed by atoms with van der Waals surface area (Å²) in [5.41, 5.74) is 2.74. The van der Waals surface area contributed by atoms with Crippen LogP contribution >= 0.6 is 24.8 Å². The SMILES string of the molecule is Cl.Cl.c1ccc(CN[C@H]2CCCC[C@@H]2NCc2ccccc2)cc1. The second-order valence-electron chi connectivity index (χ2n) is 6.23. The average molecular weight is 367 g/mol. The maximum absolute atomic E-state index is 3.76. The van der Waals surface area contributed by atoms with Crippen LogP contribution in [0.5, 0.6) is 0 Å². The van der Waals surface area contributed by atoms with Gasteiger partial charge in [-0.3, -0.25) is 0 Å². The molecule has 1 aliphatic carbocycles. The molecule has 2 N–H and O–H groups in total. The number of rotatable bonds is 6. The smallest absolute Gasteiger partial charge is 0.0224 e. The zero-order valence-electron chi connectivity index (χ0n) is 14.0. The lowest BCUT2D eigenvalue weighted by Gasteiger charge is -2.33. The summed E-state index contributed by atoms with van der Waals surface area (Å²) in [6.45, 7) is 1.93. The zero-order valence-corrected chi connectivity index (χ0v) is 15.6. The lowest BCUT2D eigenvalue weighted by atomic mass is 9.90. The van der Waals surface area contributed by atoms with Crippen molar-refractivity contribution in [1.82, 2.24) is 10.6 Å². The van der Waals surface area contributed by atoms with Gasteiger partial charge in [0.1, 0.15) is 0 Å². The maximum atomic E-state index is 3.76. The molecule has 0 bridgehead atoms. The largest absolute Gasteiger partial charge is 0.308 e. The van der Waals surface area contributed by atoms with Gasteiger partial charge in [0.2, 0.25) is 0 Å². The molecule has 0 unspecified atom stereocenters. The first kappa shape index (κ1) is 21.0. The number of halogens is 2. The van der Waals surface area contributed by atoms with E-state index in [0.29, 0.717) is 12.1 Å². The predicted octanol–water partition coefficient (Wildman–Crippen LogP) is 4.72. The fourth-order valence-electron chi connectivity index (χ4n) is 3.31. The molecule has 3 rings (SSSR count). The third kappa shape index (κ3) is 6.45. The minimum Gasteiger partial charge on any atom is -0.308 e. The molecule has 0 heterocycles. The molecule has 2 aromatic rings. The van der Waals surface area contributed by atoms with Crippen LogP contribution in [0.2, 0.25) is 0 Å². The molecule has 0 saturated heterocycles. The van der Waals surface area contributed by atoms with Crippen LogP contribution in [0.4, 0.5) is 0 Å². The van der Waals surface area contributed by atoms with Gasteiger partial charge in [-0.25, -0.2) is 0 Å². The first-order chi connectivity index (χ1) is 10.9. The normalized spacial score (nSPS) is 19.8. The monoisotopic (exact) mass is 366 g/mol. The van der Waals surface area contributed by atoms with Crippen LogP contribution in [0.25, 0.3) is 0 Å². The molecule has 4 heteroatoms. The highest BCUT2D eigenvalue weighted by Gasteiger charge is 2.23. The lowest BCUT2D eigenvalue weighted by Crippen LogP contribution is -2.49. The van der Waals surface area contributed by atoms with Gasteiger partial charge in [0.15, 0.2) is 0 Å². The Labute approximate surface area is 158 Å². The number of hydrogen-bond acceptors (Lipinski definition) is 2. The van der Waals surface area contributed by atoms with Crippen LogP contribution in [0.1, 0.15) is 36.8 Å². The van der Waals surface area contributed by atoms with Gasteiger partial charge in [0, 0.05) is 25.2 Å². The number of benzene rings is 2. The molecule has 1 fully saturated rings. The molecule has 2 aromatic carbocycles. The third-order valence-electron chi connectivity index (χ3n) is 4.59. The van der Waals surface area contributed by atoms with Gasteiger partial charge in [-0.15, -0.1) is 24.8 Å². The van der Waals surface area contributed by atoms with Crippen LogP contribution in [0, 0.1) is 0 Å². The van der Waals surface area contributed by atoms with Crippen LogP contribution in [-0.2, 0) is 13.1 Å². The summed E-state index contributed by atoms with van der Waals surface area (Å²) < 4.78 is 0. The summed E-state index contributed by atoms with van der Waals surface area (Å²) in [6.07, 6.45) is 5.24. The summed E-state index contributed by atoms with van der Waals surface area (Å²) in [4.78, 5) is 0. The van der Waals surface area contributed by atoms with Crippen molar-refractivity contribution in [3.05, 3.63) is 71.8 Å². The van der Waals surface area contributed by atoms with Crippen molar-refractivity contribution in [2.24, 2.45) is 0 Å². The van der Waals surface area contributed by atoms with Gasteiger partial charge in [-0.05, 0) is 24.0 Å². The van der Waals surface area contributed by atoms with Gasteiger partial charge in [-0.1, -0.05) is 73.5 Å². The Morgan fingerprint density at radius 2 is 1.00 bits per heavy atom. The van der Waals surface area contributed by atoms with Crippen LogP contribution in [0.3, 0.4) is 0 Å². The van der Waals surface area contributed by atoms with Gasteiger partial charge in [0.05, 0.1) is 0 Å². The fraction of sp³-hybridized carbons (Fsp3) is 0.400. The Morgan fingerprint density at radius 1 is 0.625 bits per heavy atom. The van der Waals surface area contributed by atoms with Gasteiger partial charge in [0.25, 0.3) is 0 Å². The summed E-state index contributed by atoms with van der Waals surface area (Å²) in [7, 11) is 0. The van der Waals surface area contributed by atoms with E-state index in [0.717, 1.165) is 13.1 Å². The average Bonchev–Trinajstić information content (AvgIpc) is 2.61. The topological polar surface area (TPSA) is 24.1 Å². The number of nitrogens with one attached hydrogen (secondary N) is 2. The van der Waals surface area contributed by atoms with E-state index < -0.39 is 0 Å². The van der Waals surface area contributed by atoms with Crippen LogP contribution in [-0.4, -0.2) is 12.1 Å². The molecule has 0 aliphatic heterocycles. The fourth-order valence-corrected chi connectivity index (χ4v) is 3.31. The molecule has 0 amide bonds. The van der Waals surface area contributed by atoms with E-state index in [2.05, 4.69) is 71.3 Å². The van der Waals surface area contributed by atoms with Gasteiger partial charge in [-0.2, -0.15) is 0 Å². The van der Waals surface area contributed by atoms with Crippen molar-refractivity contribution < 1.29 is 0 Å².